The molecule has 2 aliphatic heterocycles. The van der Waals surface area contributed by atoms with E-state index in [0.29, 0.717) is 12.5 Å². The fourth-order valence-electron chi connectivity index (χ4n) is 3.90. The first-order valence-corrected chi connectivity index (χ1v) is 9.11. The molecule has 0 unspecified atom stereocenters. The molecule has 2 aliphatic rings. The highest BCUT2D eigenvalue weighted by molar-refractivity contribution is 5.95. The van der Waals surface area contributed by atoms with Gasteiger partial charge in [0.25, 0.3) is 5.91 Å². The average molecular weight is 334 g/mol. The van der Waals surface area contributed by atoms with Crippen LogP contribution in [-0.4, -0.2) is 72.4 Å². The van der Waals surface area contributed by atoms with Gasteiger partial charge in [0.15, 0.2) is 0 Å². The van der Waals surface area contributed by atoms with Crippen molar-refractivity contribution in [1.29, 1.82) is 0 Å². The van der Waals surface area contributed by atoms with Gasteiger partial charge in [-0.2, -0.15) is 5.10 Å². The number of fused-ring (bicyclic) bond motifs is 1. The molecule has 134 valence electrons. The molecule has 6 heteroatoms. The molecule has 0 radical (unpaired) electrons. The maximum Gasteiger partial charge on any atom is 0.257 e. The Kier molecular flexibility index (Phi) is 5.56. The molecule has 1 aromatic heterocycles. The highest BCUT2D eigenvalue weighted by atomic mass is 16.5. The van der Waals surface area contributed by atoms with E-state index in [1.807, 2.05) is 16.6 Å². The Morgan fingerprint density at radius 1 is 1.29 bits per heavy atom. The minimum atomic E-state index is 0.0796. The third-order valence-corrected chi connectivity index (χ3v) is 5.13. The molecule has 24 heavy (non-hydrogen) atoms. The number of hydrogen-bond donors (Lipinski definition) is 0. The van der Waals surface area contributed by atoms with E-state index in [1.54, 1.807) is 6.20 Å². The molecule has 1 amide bonds. The van der Waals surface area contributed by atoms with Gasteiger partial charge in [-0.15, -0.1) is 0 Å². The smallest absolute Gasteiger partial charge is 0.257 e. The van der Waals surface area contributed by atoms with E-state index in [9.17, 15) is 4.79 Å². The zero-order valence-corrected chi connectivity index (χ0v) is 15.2. The largest absolute Gasteiger partial charge is 0.376 e. The van der Waals surface area contributed by atoms with Crippen molar-refractivity contribution < 1.29 is 9.53 Å². The van der Waals surface area contributed by atoms with E-state index >= 15 is 0 Å². The van der Waals surface area contributed by atoms with Crippen molar-refractivity contribution in [3.63, 3.8) is 0 Å². The van der Waals surface area contributed by atoms with E-state index in [-0.39, 0.29) is 12.0 Å². The predicted molar refractivity (Wildman–Crippen MR) is 93.1 cm³/mol. The fraction of sp³-hybridized carbons (Fsp3) is 0.778. The topological polar surface area (TPSA) is 50.6 Å². The third-order valence-electron chi connectivity index (χ3n) is 5.13. The standard InChI is InChI=1S/C18H30N4O2/c1-20(2)12-14-7-8-22-17(10-14)16(11-19-22)18(23)21(3)13-15-6-4-5-9-24-15/h11,14-15H,4-10,12-13H2,1-3H3/t14-,15-/m1/s1. The summed E-state index contributed by atoms with van der Waals surface area (Å²) in [6.07, 6.45) is 7.39. The number of rotatable bonds is 5. The second kappa shape index (κ2) is 7.66. The van der Waals surface area contributed by atoms with Gasteiger partial charge in [-0.1, -0.05) is 0 Å². The minimum absolute atomic E-state index is 0.0796. The summed E-state index contributed by atoms with van der Waals surface area (Å²) in [4.78, 5) is 16.9. The van der Waals surface area contributed by atoms with Crippen LogP contribution in [0, 0.1) is 5.92 Å². The predicted octanol–water partition coefficient (Wildman–Crippen LogP) is 1.65. The number of aryl methyl sites for hydroxylation is 1. The van der Waals surface area contributed by atoms with Crippen LogP contribution in [0.25, 0.3) is 0 Å². The number of carbonyl (C=O) groups excluding carboxylic acids is 1. The lowest BCUT2D eigenvalue weighted by Crippen LogP contribution is -2.38. The van der Waals surface area contributed by atoms with Gasteiger partial charge in [0.1, 0.15) is 0 Å². The molecule has 6 nitrogen and oxygen atoms in total. The quantitative estimate of drug-likeness (QED) is 0.821. The van der Waals surface area contributed by atoms with Crippen LogP contribution < -0.4 is 0 Å². The van der Waals surface area contributed by atoms with E-state index in [1.165, 1.54) is 6.42 Å². The molecule has 0 saturated carbocycles. The molecule has 0 aliphatic carbocycles. The molecular weight excluding hydrogens is 304 g/mol. The Bertz CT molecular complexity index is 563. The Labute approximate surface area is 144 Å². The molecule has 2 atom stereocenters. The second-order valence-electron chi connectivity index (χ2n) is 7.52. The van der Waals surface area contributed by atoms with Gasteiger partial charge in [0, 0.05) is 33.3 Å². The summed E-state index contributed by atoms with van der Waals surface area (Å²) >= 11 is 0. The fourth-order valence-corrected chi connectivity index (χ4v) is 3.90. The van der Waals surface area contributed by atoms with Crippen molar-refractivity contribution in [3.8, 4) is 0 Å². The van der Waals surface area contributed by atoms with Gasteiger partial charge >= 0.3 is 0 Å². The van der Waals surface area contributed by atoms with E-state index in [0.717, 1.165) is 56.6 Å². The normalized spacial score (nSPS) is 24.0. The molecule has 3 heterocycles. The van der Waals surface area contributed by atoms with Crippen LogP contribution in [-0.2, 0) is 17.7 Å². The van der Waals surface area contributed by atoms with E-state index in [2.05, 4.69) is 24.1 Å². The van der Waals surface area contributed by atoms with Crippen LogP contribution in [0.15, 0.2) is 6.20 Å². The number of ether oxygens (including phenoxy) is 1. The Balaban J connectivity index is 1.66. The molecule has 1 aromatic rings. The van der Waals surface area contributed by atoms with Crippen LogP contribution in [0.1, 0.15) is 41.7 Å². The molecule has 1 fully saturated rings. The molecule has 0 bridgehead atoms. The van der Waals surface area contributed by atoms with Gasteiger partial charge in [0.2, 0.25) is 0 Å². The van der Waals surface area contributed by atoms with Gasteiger partial charge in [-0.25, -0.2) is 0 Å². The SMILES string of the molecule is CN(C)C[C@@H]1CCn2ncc(C(=O)N(C)C[C@H]3CCCCO3)c2C1. The lowest BCUT2D eigenvalue weighted by atomic mass is 9.93. The molecule has 0 spiro atoms. The maximum atomic E-state index is 12.9. The summed E-state index contributed by atoms with van der Waals surface area (Å²) in [7, 11) is 6.09. The average Bonchev–Trinajstić information content (AvgIpc) is 2.97. The summed E-state index contributed by atoms with van der Waals surface area (Å²) in [5.74, 6) is 0.679. The van der Waals surface area contributed by atoms with E-state index in [4.69, 9.17) is 4.74 Å². The summed E-state index contributed by atoms with van der Waals surface area (Å²) < 4.78 is 7.79. The monoisotopic (exact) mass is 334 g/mol. The van der Waals surface area contributed by atoms with Gasteiger partial charge < -0.3 is 14.5 Å². The third kappa shape index (κ3) is 3.98. The van der Waals surface area contributed by atoms with Crippen molar-refractivity contribution >= 4 is 5.91 Å². The number of nitrogens with zero attached hydrogens (tertiary/aromatic N) is 4. The molecule has 1 saturated heterocycles. The summed E-state index contributed by atoms with van der Waals surface area (Å²) in [6.45, 7) is 3.47. The summed E-state index contributed by atoms with van der Waals surface area (Å²) in [5.41, 5.74) is 1.88. The Morgan fingerprint density at radius 3 is 2.83 bits per heavy atom. The minimum Gasteiger partial charge on any atom is -0.376 e. The zero-order chi connectivity index (χ0) is 17.1. The van der Waals surface area contributed by atoms with Crippen LogP contribution >= 0.6 is 0 Å². The Hall–Kier alpha value is -1.40. The molecule has 0 aromatic carbocycles. The van der Waals surface area contributed by atoms with Crippen molar-refractivity contribution in [2.75, 3.05) is 40.8 Å². The lowest BCUT2D eigenvalue weighted by molar-refractivity contribution is -0.000222. The number of amides is 1. The zero-order valence-electron chi connectivity index (χ0n) is 15.2. The van der Waals surface area contributed by atoms with Gasteiger partial charge in [-0.3, -0.25) is 9.48 Å². The van der Waals surface area contributed by atoms with Crippen molar-refractivity contribution in [1.82, 2.24) is 19.6 Å². The second-order valence-corrected chi connectivity index (χ2v) is 7.52. The number of likely N-dealkylation sites (N-methyl/N-ethyl adjacent to an activating group) is 1. The van der Waals surface area contributed by atoms with Crippen LogP contribution in [0.3, 0.4) is 0 Å². The summed E-state index contributed by atoms with van der Waals surface area (Å²) in [6, 6.07) is 0. The first kappa shape index (κ1) is 17.4. The van der Waals surface area contributed by atoms with Crippen molar-refractivity contribution in [2.24, 2.45) is 5.92 Å². The van der Waals surface area contributed by atoms with Crippen LogP contribution in [0.4, 0.5) is 0 Å². The number of aromatic nitrogens is 2. The highest BCUT2D eigenvalue weighted by Gasteiger charge is 2.28. The van der Waals surface area contributed by atoms with Gasteiger partial charge in [-0.05, 0) is 52.1 Å². The highest BCUT2D eigenvalue weighted by Crippen LogP contribution is 2.24. The van der Waals surface area contributed by atoms with Crippen molar-refractivity contribution in [3.05, 3.63) is 17.5 Å². The number of carbonyl (C=O) groups is 1. The lowest BCUT2D eigenvalue weighted by Gasteiger charge is -2.29. The summed E-state index contributed by atoms with van der Waals surface area (Å²) in [5, 5.41) is 4.44. The molecular formula is C18H30N4O2. The first-order chi connectivity index (χ1) is 11.5. The maximum absolute atomic E-state index is 12.9. The van der Waals surface area contributed by atoms with E-state index < -0.39 is 0 Å². The van der Waals surface area contributed by atoms with Crippen LogP contribution in [0.2, 0.25) is 0 Å². The van der Waals surface area contributed by atoms with Gasteiger partial charge in [0.05, 0.1) is 23.6 Å². The van der Waals surface area contributed by atoms with Crippen molar-refractivity contribution in [2.45, 2.75) is 44.8 Å². The Morgan fingerprint density at radius 2 is 2.12 bits per heavy atom. The first-order valence-electron chi connectivity index (χ1n) is 9.11. The van der Waals surface area contributed by atoms with Crippen LogP contribution in [0.5, 0.6) is 0 Å². The molecule has 3 rings (SSSR count). The molecule has 0 N–H and O–H groups in total. The number of hydrogen-bond acceptors (Lipinski definition) is 4.